The maximum atomic E-state index is 11.8. The standard InChI is InChI=1S/C28H35ClN8O3/c1-16-2-4-17(5-3-16)15-37-25-20(33-27(37)36-8-9-39-23-14-30-7-6-22(23)36)11-21(26-34-28(38)40-35-26)32-24(25)18-10-19(29)13-31-12-18/h10-13,16-17,22-23,26,30,35H,2-9,14-15H2,1H3,(H,34,38)/t16?,17?,22-,23-,26?/m1/s1. The number of fused-ring (bicyclic) bond motifs is 2. The van der Waals surface area contributed by atoms with Crippen LogP contribution < -0.4 is 21.0 Å². The number of ether oxygens (including phenoxy) is 1. The molecule has 0 aromatic carbocycles. The minimum absolute atomic E-state index is 0.131. The summed E-state index contributed by atoms with van der Waals surface area (Å²) in [6, 6.07) is 4.09. The second-order valence-corrected chi connectivity index (χ2v) is 12.0. The summed E-state index contributed by atoms with van der Waals surface area (Å²) in [7, 11) is 0. The third kappa shape index (κ3) is 4.89. The van der Waals surface area contributed by atoms with E-state index >= 15 is 0 Å². The Morgan fingerprint density at radius 3 is 2.80 bits per heavy atom. The SMILES string of the molecule is CC1CCC(Cn2c(N3CCO[C@@H]4CNCC[C@H]43)nc3cc(C4NOC(=O)N4)nc(-c4cncc(Cl)c4)c32)CC1. The van der Waals surface area contributed by atoms with E-state index in [1.54, 1.807) is 12.4 Å². The lowest BCUT2D eigenvalue weighted by molar-refractivity contribution is -0.00116. The molecule has 1 amide bonds. The van der Waals surface area contributed by atoms with Crippen molar-refractivity contribution in [3.8, 4) is 11.3 Å². The number of nitrogens with one attached hydrogen (secondary N) is 3. The number of piperidine rings is 1. The van der Waals surface area contributed by atoms with Gasteiger partial charge in [-0.2, -0.15) is 0 Å². The molecule has 4 fully saturated rings. The summed E-state index contributed by atoms with van der Waals surface area (Å²) in [4.78, 5) is 34.0. The summed E-state index contributed by atoms with van der Waals surface area (Å²) >= 11 is 6.41. The fraction of sp³-hybridized carbons (Fsp3) is 0.571. The number of carbonyl (C=O) groups excluding carboxylic acids is 1. The van der Waals surface area contributed by atoms with Crippen LogP contribution >= 0.6 is 11.6 Å². The van der Waals surface area contributed by atoms with E-state index in [0.717, 1.165) is 66.8 Å². The highest BCUT2D eigenvalue weighted by molar-refractivity contribution is 6.30. The molecular formula is C28H35ClN8O3. The molecule has 4 aliphatic rings. The Labute approximate surface area is 237 Å². The number of halogens is 1. The molecule has 6 heterocycles. The first kappa shape index (κ1) is 25.9. The zero-order valence-electron chi connectivity index (χ0n) is 22.6. The van der Waals surface area contributed by atoms with Crippen LogP contribution in [0.3, 0.4) is 0 Å². The number of aromatic nitrogens is 4. The van der Waals surface area contributed by atoms with Gasteiger partial charge in [-0.1, -0.05) is 31.4 Å². The van der Waals surface area contributed by atoms with E-state index in [1.807, 2.05) is 12.1 Å². The zero-order valence-corrected chi connectivity index (χ0v) is 23.4. The molecule has 11 nitrogen and oxygen atoms in total. The molecule has 3 atom stereocenters. The van der Waals surface area contributed by atoms with E-state index in [1.165, 1.54) is 25.7 Å². The third-order valence-electron chi connectivity index (χ3n) is 8.82. The molecule has 0 spiro atoms. The van der Waals surface area contributed by atoms with Crippen LogP contribution in [-0.4, -0.2) is 64.0 Å². The van der Waals surface area contributed by atoms with Gasteiger partial charge in [0.1, 0.15) is 0 Å². The summed E-state index contributed by atoms with van der Waals surface area (Å²) in [6.45, 7) is 6.48. The van der Waals surface area contributed by atoms with Crippen molar-refractivity contribution >= 4 is 34.7 Å². The number of morpholine rings is 1. The number of rotatable bonds is 5. The number of hydroxylamine groups is 1. The number of nitrogens with zero attached hydrogens (tertiary/aromatic N) is 5. The molecule has 40 heavy (non-hydrogen) atoms. The highest BCUT2D eigenvalue weighted by Crippen LogP contribution is 2.38. The Balaban J connectivity index is 1.41. The highest BCUT2D eigenvalue weighted by atomic mass is 35.5. The van der Waals surface area contributed by atoms with Gasteiger partial charge in [-0.05, 0) is 49.8 Å². The molecule has 7 rings (SSSR count). The summed E-state index contributed by atoms with van der Waals surface area (Å²) < 4.78 is 8.57. The Morgan fingerprint density at radius 1 is 1.12 bits per heavy atom. The van der Waals surface area contributed by atoms with Crippen molar-refractivity contribution < 1.29 is 14.4 Å². The molecule has 12 heteroatoms. The lowest BCUT2D eigenvalue weighted by Crippen LogP contribution is -2.59. The maximum Gasteiger partial charge on any atom is 0.427 e. The van der Waals surface area contributed by atoms with Crippen LogP contribution in [0.4, 0.5) is 10.7 Å². The predicted octanol–water partition coefficient (Wildman–Crippen LogP) is 3.78. The highest BCUT2D eigenvalue weighted by Gasteiger charge is 2.38. The van der Waals surface area contributed by atoms with Gasteiger partial charge >= 0.3 is 6.09 Å². The van der Waals surface area contributed by atoms with Gasteiger partial charge in [-0.15, -0.1) is 5.48 Å². The van der Waals surface area contributed by atoms with Crippen LogP contribution in [0.1, 0.15) is 50.9 Å². The molecule has 1 aliphatic carbocycles. The number of carbonyl (C=O) groups is 1. The number of imidazole rings is 1. The summed E-state index contributed by atoms with van der Waals surface area (Å²) in [5.41, 5.74) is 6.67. The Hall–Kier alpha value is -2.99. The lowest BCUT2D eigenvalue weighted by Gasteiger charge is -2.44. The molecular weight excluding hydrogens is 532 g/mol. The van der Waals surface area contributed by atoms with Gasteiger partial charge in [0.05, 0.1) is 46.2 Å². The number of hydrogen-bond donors (Lipinski definition) is 3. The first-order chi connectivity index (χ1) is 19.5. The van der Waals surface area contributed by atoms with Crippen molar-refractivity contribution in [2.24, 2.45) is 11.8 Å². The van der Waals surface area contributed by atoms with Crippen molar-refractivity contribution in [3.05, 3.63) is 35.2 Å². The molecule has 3 aliphatic heterocycles. The van der Waals surface area contributed by atoms with E-state index in [4.69, 9.17) is 31.1 Å². The minimum atomic E-state index is -0.589. The molecule has 3 N–H and O–H groups in total. The van der Waals surface area contributed by atoms with Crippen LogP contribution in [0, 0.1) is 11.8 Å². The molecule has 212 valence electrons. The molecule has 1 saturated carbocycles. The second-order valence-electron chi connectivity index (χ2n) is 11.6. The fourth-order valence-electron chi connectivity index (χ4n) is 6.70. The molecule has 1 unspecified atom stereocenters. The van der Waals surface area contributed by atoms with Crippen molar-refractivity contribution in [2.45, 2.75) is 63.9 Å². The van der Waals surface area contributed by atoms with Crippen molar-refractivity contribution in [2.75, 3.05) is 31.1 Å². The number of pyridine rings is 2. The topological polar surface area (TPSA) is 118 Å². The van der Waals surface area contributed by atoms with Gasteiger partial charge < -0.3 is 24.4 Å². The van der Waals surface area contributed by atoms with Gasteiger partial charge in [0.25, 0.3) is 0 Å². The van der Waals surface area contributed by atoms with E-state index < -0.39 is 12.3 Å². The smallest absolute Gasteiger partial charge is 0.373 e. The van der Waals surface area contributed by atoms with Crippen molar-refractivity contribution in [1.29, 1.82) is 0 Å². The van der Waals surface area contributed by atoms with E-state index in [0.29, 0.717) is 23.2 Å². The normalized spacial score (nSPS) is 28.8. The Morgan fingerprint density at radius 2 is 2.00 bits per heavy atom. The Bertz CT molecular complexity index is 1410. The first-order valence-electron chi connectivity index (χ1n) is 14.4. The van der Waals surface area contributed by atoms with Crippen LogP contribution in [0.5, 0.6) is 0 Å². The van der Waals surface area contributed by atoms with Crippen LogP contribution in [0.25, 0.3) is 22.3 Å². The van der Waals surface area contributed by atoms with Gasteiger partial charge in [0.2, 0.25) is 5.95 Å². The van der Waals surface area contributed by atoms with E-state index in [-0.39, 0.29) is 12.1 Å². The summed E-state index contributed by atoms with van der Waals surface area (Å²) in [5.74, 6) is 2.30. The molecule has 0 radical (unpaired) electrons. The third-order valence-corrected chi connectivity index (χ3v) is 9.03. The van der Waals surface area contributed by atoms with E-state index in [9.17, 15) is 4.79 Å². The van der Waals surface area contributed by atoms with Gasteiger partial charge in [0.15, 0.2) is 6.17 Å². The minimum Gasteiger partial charge on any atom is -0.373 e. The van der Waals surface area contributed by atoms with Crippen LogP contribution in [0.15, 0.2) is 24.5 Å². The average Bonchev–Trinajstić information content (AvgIpc) is 3.57. The largest absolute Gasteiger partial charge is 0.427 e. The number of amides is 1. The van der Waals surface area contributed by atoms with Crippen LogP contribution in [-0.2, 0) is 16.1 Å². The maximum absolute atomic E-state index is 11.8. The molecule has 3 aromatic rings. The second kappa shape index (κ2) is 10.8. The van der Waals surface area contributed by atoms with Gasteiger partial charge in [-0.3, -0.25) is 10.3 Å². The number of anilines is 1. The monoisotopic (exact) mass is 566 g/mol. The fourth-order valence-corrected chi connectivity index (χ4v) is 6.87. The lowest BCUT2D eigenvalue weighted by atomic mass is 9.83. The average molecular weight is 567 g/mol. The van der Waals surface area contributed by atoms with Gasteiger partial charge in [0, 0.05) is 37.6 Å². The molecule has 0 bridgehead atoms. The predicted molar refractivity (Wildman–Crippen MR) is 151 cm³/mol. The summed E-state index contributed by atoms with van der Waals surface area (Å²) in [6.07, 6.45) is 8.31. The van der Waals surface area contributed by atoms with Crippen molar-refractivity contribution in [3.63, 3.8) is 0 Å². The molecule has 3 saturated heterocycles. The zero-order chi connectivity index (χ0) is 27.2. The van der Waals surface area contributed by atoms with Crippen molar-refractivity contribution in [1.82, 2.24) is 35.6 Å². The molecule has 3 aromatic heterocycles. The number of hydrogen-bond acceptors (Lipinski definition) is 9. The van der Waals surface area contributed by atoms with Gasteiger partial charge in [-0.25, -0.2) is 14.8 Å². The quantitative estimate of drug-likeness (QED) is 0.424. The van der Waals surface area contributed by atoms with Crippen LogP contribution in [0.2, 0.25) is 5.02 Å². The first-order valence-corrected chi connectivity index (χ1v) is 14.7. The summed E-state index contributed by atoms with van der Waals surface area (Å²) in [5, 5.41) is 6.79. The Kier molecular flexibility index (Phi) is 6.99. The van der Waals surface area contributed by atoms with E-state index in [2.05, 4.69) is 37.5 Å².